The Kier molecular flexibility index (Phi) is 5.70. The Bertz CT molecular complexity index is 360. The molecular weight excluding hydrogens is 216 g/mol. The van der Waals surface area contributed by atoms with Gasteiger partial charge >= 0.3 is 0 Å². The molecule has 0 amide bonds. The highest BCUT2D eigenvalue weighted by Gasteiger charge is 2.20. The smallest absolute Gasteiger partial charge is 0.166 e. The van der Waals surface area contributed by atoms with Gasteiger partial charge in [0.25, 0.3) is 0 Å². The minimum Gasteiger partial charge on any atom is -0.508 e. The van der Waals surface area contributed by atoms with Gasteiger partial charge in [-0.3, -0.25) is 4.79 Å². The van der Waals surface area contributed by atoms with Crippen LogP contribution in [-0.4, -0.2) is 17.5 Å². The van der Waals surface area contributed by atoms with Crippen molar-refractivity contribution in [3.05, 3.63) is 29.8 Å². The van der Waals surface area contributed by atoms with Gasteiger partial charge in [0, 0.05) is 13.0 Å². The number of ketones is 1. The molecule has 1 N–H and O–H groups in total. The largest absolute Gasteiger partial charge is 0.508 e. The molecule has 3 nitrogen and oxygen atoms in total. The summed E-state index contributed by atoms with van der Waals surface area (Å²) in [5, 5.41) is 9.43. The molecule has 0 radical (unpaired) electrons. The molecule has 0 bridgehead atoms. The van der Waals surface area contributed by atoms with Crippen LogP contribution in [0.25, 0.3) is 0 Å². The topological polar surface area (TPSA) is 46.5 Å². The molecule has 94 valence electrons. The number of phenols is 1. The summed E-state index contributed by atoms with van der Waals surface area (Å²) in [6, 6.07) is 6.72. The minimum absolute atomic E-state index is 0.0755. The number of phenolic OH excluding ortho intramolecular Hbond substituents is 1. The maximum Gasteiger partial charge on any atom is 0.166 e. The molecule has 0 saturated carbocycles. The number of rotatable bonds is 7. The molecule has 17 heavy (non-hydrogen) atoms. The second-order valence-corrected chi connectivity index (χ2v) is 4.06. The standard InChI is InChI=1S/C14H20O3/c1-3-6-13(16)14(17-9-4-2)11-7-5-8-12(15)10-11/h5,7-8,10,14-15H,3-4,6,9H2,1-2H3. The molecule has 1 aromatic rings. The minimum atomic E-state index is -0.540. The zero-order chi connectivity index (χ0) is 12.7. The maximum absolute atomic E-state index is 12.0. The number of carbonyl (C=O) groups excluding carboxylic acids is 1. The summed E-state index contributed by atoms with van der Waals surface area (Å²) in [6.07, 6.45) is 1.64. The fourth-order valence-electron chi connectivity index (χ4n) is 1.68. The van der Waals surface area contributed by atoms with E-state index in [9.17, 15) is 9.90 Å². The van der Waals surface area contributed by atoms with E-state index >= 15 is 0 Å². The lowest BCUT2D eigenvalue weighted by Crippen LogP contribution is -2.16. The highest BCUT2D eigenvalue weighted by Crippen LogP contribution is 2.24. The molecule has 0 aliphatic heterocycles. The van der Waals surface area contributed by atoms with Crippen LogP contribution in [0, 0.1) is 0 Å². The number of hydrogen-bond donors (Lipinski definition) is 1. The van der Waals surface area contributed by atoms with Crippen molar-refractivity contribution < 1.29 is 14.6 Å². The number of benzene rings is 1. The normalized spacial score (nSPS) is 12.4. The molecule has 0 fully saturated rings. The van der Waals surface area contributed by atoms with Gasteiger partial charge in [-0.2, -0.15) is 0 Å². The van der Waals surface area contributed by atoms with Crippen molar-refractivity contribution >= 4 is 5.78 Å². The molecule has 1 aromatic carbocycles. The van der Waals surface area contributed by atoms with Crippen LogP contribution in [0.4, 0.5) is 0 Å². The Morgan fingerprint density at radius 1 is 1.35 bits per heavy atom. The molecule has 1 rings (SSSR count). The number of aromatic hydroxyl groups is 1. The summed E-state index contributed by atoms with van der Waals surface area (Å²) >= 11 is 0. The van der Waals surface area contributed by atoms with Gasteiger partial charge in [0.05, 0.1) is 0 Å². The number of ether oxygens (including phenoxy) is 1. The highest BCUT2D eigenvalue weighted by atomic mass is 16.5. The molecule has 0 saturated heterocycles. The van der Waals surface area contributed by atoms with Gasteiger partial charge < -0.3 is 9.84 Å². The first-order valence-corrected chi connectivity index (χ1v) is 6.12. The molecule has 0 heterocycles. The van der Waals surface area contributed by atoms with E-state index in [1.54, 1.807) is 18.2 Å². The molecule has 0 spiro atoms. The SMILES string of the molecule is CCCOC(C(=O)CCC)c1cccc(O)c1. The molecule has 0 aliphatic rings. The third-order valence-corrected chi connectivity index (χ3v) is 2.45. The van der Waals surface area contributed by atoms with E-state index in [1.165, 1.54) is 0 Å². The summed E-state index contributed by atoms with van der Waals surface area (Å²) in [5.74, 6) is 0.239. The number of hydrogen-bond acceptors (Lipinski definition) is 3. The average molecular weight is 236 g/mol. The van der Waals surface area contributed by atoms with Crippen molar-refractivity contribution in [3.8, 4) is 5.75 Å². The first-order valence-electron chi connectivity index (χ1n) is 6.12. The fourth-order valence-corrected chi connectivity index (χ4v) is 1.68. The van der Waals surface area contributed by atoms with Gasteiger partial charge in [-0.25, -0.2) is 0 Å². The zero-order valence-electron chi connectivity index (χ0n) is 10.5. The summed E-state index contributed by atoms with van der Waals surface area (Å²) in [4.78, 5) is 12.0. The Balaban J connectivity index is 2.85. The van der Waals surface area contributed by atoms with Crippen LogP contribution in [-0.2, 0) is 9.53 Å². The first-order chi connectivity index (χ1) is 8.19. The van der Waals surface area contributed by atoms with Crippen molar-refractivity contribution in [2.75, 3.05) is 6.61 Å². The molecule has 0 aliphatic carbocycles. The number of Topliss-reactive ketones (excluding diaryl/α,β-unsaturated/α-hetero) is 1. The van der Waals surface area contributed by atoms with E-state index < -0.39 is 6.10 Å². The van der Waals surface area contributed by atoms with Crippen LogP contribution in [0.15, 0.2) is 24.3 Å². The Hall–Kier alpha value is -1.35. The quantitative estimate of drug-likeness (QED) is 0.790. The fraction of sp³-hybridized carbons (Fsp3) is 0.500. The zero-order valence-corrected chi connectivity index (χ0v) is 10.5. The van der Waals surface area contributed by atoms with Crippen molar-refractivity contribution in [2.24, 2.45) is 0 Å². The van der Waals surface area contributed by atoms with E-state index in [0.29, 0.717) is 13.0 Å². The van der Waals surface area contributed by atoms with Crippen LogP contribution >= 0.6 is 0 Å². The van der Waals surface area contributed by atoms with E-state index in [1.807, 2.05) is 19.9 Å². The Labute approximate surface area is 102 Å². The van der Waals surface area contributed by atoms with Crippen LogP contribution in [0.1, 0.15) is 44.8 Å². The lowest BCUT2D eigenvalue weighted by Gasteiger charge is -2.16. The molecular formula is C14H20O3. The number of carbonyl (C=O) groups is 1. The predicted molar refractivity (Wildman–Crippen MR) is 67.0 cm³/mol. The second kappa shape index (κ2) is 7.07. The Morgan fingerprint density at radius 3 is 2.71 bits per heavy atom. The average Bonchev–Trinajstić information content (AvgIpc) is 2.30. The summed E-state index contributed by atoms with van der Waals surface area (Å²) in [7, 11) is 0. The molecule has 0 aromatic heterocycles. The van der Waals surface area contributed by atoms with Crippen molar-refractivity contribution in [3.63, 3.8) is 0 Å². The monoisotopic (exact) mass is 236 g/mol. The summed E-state index contributed by atoms with van der Waals surface area (Å²) in [6.45, 7) is 4.52. The van der Waals surface area contributed by atoms with Gasteiger partial charge in [0.15, 0.2) is 5.78 Å². The first kappa shape index (κ1) is 13.7. The van der Waals surface area contributed by atoms with Crippen LogP contribution in [0.5, 0.6) is 5.75 Å². The van der Waals surface area contributed by atoms with E-state index in [4.69, 9.17) is 4.74 Å². The molecule has 1 atom stereocenters. The maximum atomic E-state index is 12.0. The van der Waals surface area contributed by atoms with E-state index in [-0.39, 0.29) is 11.5 Å². The molecule has 1 unspecified atom stereocenters. The van der Waals surface area contributed by atoms with E-state index in [2.05, 4.69) is 0 Å². The van der Waals surface area contributed by atoms with Crippen LogP contribution < -0.4 is 0 Å². The Morgan fingerprint density at radius 2 is 2.12 bits per heavy atom. The van der Waals surface area contributed by atoms with Crippen molar-refractivity contribution in [1.82, 2.24) is 0 Å². The van der Waals surface area contributed by atoms with E-state index in [0.717, 1.165) is 18.4 Å². The third-order valence-electron chi connectivity index (χ3n) is 2.45. The second-order valence-electron chi connectivity index (χ2n) is 4.06. The molecule has 3 heteroatoms. The lowest BCUT2D eigenvalue weighted by atomic mass is 10.0. The van der Waals surface area contributed by atoms with Gasteiger partial charge in [-0.05, 0) is 30.5 Å². The predicted octanol–water partition coefficient (Wildman–Crippen LogP) is 3.23. The lowest BCUT2D eigenvalue weighted by molar-refractivity contribution is -0.131. The van der Waals surface area contributed by atoms with Gasteiger partial charge in [-0.15, -0.1) is 0 Å². The van der Waals surface area contributed by atoms with Gasteiger partial charge in [0.2, 0.25) is 0 Å². The van der Waals surface area contributed by atoms with Crippen molar-refractivity contribution in [1.29, 1.82) is 0 Å². The third kappa shape index (κ3) is 4.19. The highest BCUT2D eigenvalue weighted by molar-refractivity contribution is 5.84. The van der Waals surface area contributed by atoms with Crippen LogP contribution in [0.2, 0.25) is 0 Å². The van der Waals surface area contributed by atoms with Gasteiger partial charge in [-0.1, -0.05) is 26.0 Å². The van der Waals surface area contributed by atoms with Gasteiger partial charge in [0.1, 0.15) is 11.9 Å². The van der Waals surface area contributed by atoms with Crippen molar-refractivity contribution in [2.45, 2.75) is 39.2 Å². The summed E-state index contributed by atoms with van der Waals surface area (Å²) < 4.78 is 5.59. The van der Waals surface area contributed by atoms with Crippen LogP contribution in [0.3, 0.4) is 0 Å². The summed E-state index contributed by atoms with van der Waals surface area (Å²) in [5.41, 5.74) is 0.733.